The molecule has 1 atom stereocenters. The molecule has 0 spiro atoms. The van der Waals surface area contributed by atoms with E-state index in [0.717, 1.165) is 5.69 Å². The van der Waals surface area contributed by atoms with Crippen LogP contribution in [0.5, 0.6) is 0 Å². The highest BCUT2D eigenvalue weighted by Crippen LogP contribution is 2.15. The Kier molecular flexibility index (Phi) is 5.26. The van der Waals surface area contributed by atoms with Crippen LogP contribution in [0.4, 0.5) is 0 Å². The molecule has 0 radical (unpaired) electrons. The highest BCUT2D eigenvalue weighted by atomic mass is 16.5. The van der Waals surface area contributed by atoms with Crippen molar-refractivity contribution in [2.75, 3.05) is 13.7 Å². The van der Waals surface area contributed by atoms with E-state index < -0.39 is 0 Å². The summed E-state index contributed by atoms with van der Waals surface area (Å²) in [6, 6.07) is 1.35. The van der Waals surface area contributed by atoms with Crippen LogP contribution in [0.15, 0.2) is 16.9 Å². The number of methoxy groups -OCH3 is 1. The molecule has 22 heavy (non-hydrogen) atoms. The number of aromatic nitrogens is 4. The summed E-state index contributed by atoms with van der Waals surface area (Å²) in [6.07, 6.45) is 1.61. The molecule has 0 aliphatic carbocycles. The summed E-state index contributed by atoms with van der Waals surface area (Å²) in [5.41, 5.74) is 0.751. The van der Waals surface area contributed by atoms with Gasteiger partial charge < -0.3 is 19.1 Å². The minimum atomic E-state index is -0.326. The Bertz CT molecular complexity index is 620. The summed E-state index contributed by atoms with van der Waals surface area (Å²) in [4.78, 5) is 12.2. The average Bonchev–Trinajstić information content (AvgIpc) is 3.13. The molecule has 2 aromatic heterocycles. The molecule has 1 amide bonds. The molecule has 2 rings (SSSR count). The number of amides is 1. The minimum Gasteiger partial charge on any atom is -0.383 e. The zero-order valence-electron chi connectivity index (χ0n) is 13.2. The molecule has 0 saturated heterocycles. The van der Waals surface area contributed by atoms with Crippen molar-refractivity contribution in [3.8, 4) is 0 Å². The number of hydrogen-bond donors (Lipinski definition) is 1. The highest BCUT2D eigenvalue weighted by molar-refractivity contribution is 5.91. The minimum absolute atomic E-state index is 0.193. The van der Waals surface area contributed by atoms with Crippen molar-refractivity contribution in [1.29, 1.82) is 0 Å². The summed E-state index contributed by atoms with van der Waals surface area (Å²) >= 11 is 0. The van der Waals surface area contributed by atoms with E-state index in [1.54, 1.807) is 19.5 Å². The number of nitrogens with zero attached hydrogens (tertiary/aromatic N) is 4. The summed E-state index contributed by atoms with van der Waals surface area (Å²) in [5, 5.41) is 14.6. The molecular formula is C14H21N5O3. The van der Waals surface area contributed by atoms with E-state index in [-0.39, 0.29) is 23.6 Å². The number of ether oxygens (including phenoxy) is 1. The van der Waals surface area contributed by atoms with Gasteiger partial charge in [0.05, 0.1) is 18.3 Å². The Morgan fingerprint density at radius 1 is 1.45 bits per heavy atom. The summed E-state index contributed by atoms with van der Waals surface area (Å²) in [7, 11) is 1.63. The van der Waals surface area contributed by atoms with Gasteiger partial charge in [0.25, 0.3) is 5.91 Å². The van der Waals surface area contributed by atoms with Crippen LogP contribution in [0.2, 0.25) is 0 Å². The van der Waals surface area contributed by atoms with Gasteiger partial charge in [-0.25, -0.2) is 0 Å². The normalized spacial score (nSPS) is 12.6. The third kappa shape index (κ3) is 3.70. The third-order valence-corrected chi connectivity index (χ3v) is 3.26. The summed E-state index contributed by atoms with van der Waals surface area (Å²) < 4.78 is 12.0. The molecule has 0 unspecified atom stereocenters. The number of nitrogens with one attached hydrogen (secondary N) is 1. The highest BCUT2D eigenvalue weighted by Gasteiger charge is 2.20. The van der Waals surface area contributed by atoms with Gasteiger partial charge >= 0.3 is 0 Å². The largest absolute Gasteiger partial charge is 0.383 e. The van der Waals surface area contributed by atoms with Crippen LogP contribution in [0.25, 0.3) is 0 Å². The molecule has 0 bridgehead atoms. The van der Waals surface area contributed by atoms with Crippen LogP contribution in [-0.4, -0.2) is 39.5 Å². The zero-order chi connectivity index (χ0) is 16.1. The van der Waals surface area contributed by atoms with Crippen molar-refractivity contribution in [3.63, 3.8) is 0 Å². The van der Waals surface area contributed by atoms with Gasteiger partial charge in [-0.05, 0) is 12.8 Å². The van der Waals surface area contributed by atoms with E-state index >= 15 is 0 Å². The number of carbonyl (C=O) groups is 1. The first-order chi connectivity index (χ1) is 10.5. The Hall–Kier alpha value is -2.22. The predicted octanol–water partition coefficient (Wildman–Crippen LogP) is 1.53. The fourth-order valence-corrected chi connectivity index (χ4v) is 1.96. The first-order valence-corrected chi connectivity index (χ1v) is 7.17. The first-order valence-electron chi connectivity index (χ1n) is 7.17. The van der Waals surface area contributed by atoms with Gasteiger partial charge in [0.1, 0.15) is 6.33 Å². The molecule has 8 nitrogen and oxygen atoms in total. The van der Waals surface area contributed by atoms with Gasteiger partial charge in [0, 0.05) is 19.7 Å². The van der Waals surface area contributed by atoms with Crippen LogP contribution < -0.4 is 5.32 Å². The van der Waals surface area contributed by atoms with Crippen LogP contribution in [0.3, 0.4) is 0 Å². The van der Waals surface area contributed by atoms with Gasteiger partial charge in [-0.3, -0.25) is 4.79 Å². The van der Waals surface area contributed by atoms with Gasteiger partial charge in [-0.2, -0.15) is 0 Å². The third-order valence-electron chi connectivity index (χ3n) is 3.26. The molecule has 2 heterocycles. The molecular weight excluding hydrogens is 286 g/mol. The molecule has 0 fully saturated rings. The van der Waals surface area contributed by atoms with Gasteiger partial charge in [-0.15, -0.1) is 10.2 Å². The lowest BCUT2D eigenvalue weighted by Gasteiger charge is -2.13. The second-order valence-electron chi connectivity index (χ2n) is 5.34. The van der Waals surface area contributed by atoms with Crippen molar-refractivity contribution < 1.29 is 14.1 Å². The lowest BCUT2D eigenvalue weighted by atomic mass is 10.1. The lowest BCUT2D eigenvalue weighted by Crippen LogP contribution is -2.28. The van der Waals surface area contributed by atoms with Crippen molar-refractivity contribution in [1.82, 2.24) is 25.2 Å². The summed E-state index contributed by atoms with van der Waals surface area (Å²) in [5.74, 6) is 0.737. The van der Waals surface area contributed by atoms with Crippen molar-refractivity contribution in [2.24, 2.45) is 0 Å². The van der Waals surface area contributed by atoms with E-state index in [1.165, 1.54) is 0 Å². The van der Waals surface area contributed by atoms with E-state index in [9.17, 15) is 4.79 Å². The maximum absolute atomic E-state index is 12.2. The SMILES string of the molecule is COCCn1cnnc1[C@@H](C)NC(=O)c1cc(C(C)C)no1. The van der Waals surface area contributed by atoms with Crippen molar-refractivity contribution >= 4 is 5.91 Å². The molecule has 8 heteroatoms. The fraction of sp³-hybridized carbons (Fsp3) is 0.571. The number of hydrogen-bond acceptors (Lipinski definition) is 6. The predicted molar refractivity (Wildman–Crippen MR) is 78.4 cm³/mol. The monoisotopic (exact) mass is 307 g/mol. The Morgan fingerprint density at radius 3 is 2.86 bits per heavy atom. The van der Waals surface area contributed by atoms with E-state index in [4.69, 9.17) is 9.26 Å². The quantitative estimate of drug-likeness (QED) is 0.833. The standard InChI is InChI=1S/C14H21N5O3/c1-9(2)11-7-12(22-18-11)14(20)16-10(3)13-17-15-8-19(13)5-6-21-4/h7-10H,5-6H2,1-4H3,(H,16,20)/t10-/m1/s1. The van der Waals surface area contributed by atoms with Gasteiger partial charge in [0.2, 0.25) is 5.76 Å². The molecule has 0 aliphatic heterocycles. The van der Waals surface area contributed by atoms with E-state index in [1.807, 2.05) is 25.3 Å². The zero-order valence-corrected chi connectivity index (χ0v) is 13.2. The lowest BCUT2D eigenvalue weighted by molar-refractivity contribution is 0.0899. The van der Waals surface area contributed by atoms with Gasteiger partial charge in [-0.1, -0.05) is 19.0 Å². The maximum Gasteiger partial charge on any atom is 0.290 e. The average molecular weight is 307 g/mol. The Balaban J connectivity index is 2.03. The molecule has 0 saturated carbocycles. The van der Waals surface area contributed by atoms with Crippen LogP contribution in [0.1, 0.15) is 54.8 Å². The molecule has 120 valence electrons. The number of carbonyl (C=O) groups excluding carboxylic acids is 1. The Labute approximate surface area is 128 Å². The molecule has 0 aromatic carbocycles. The second-order valence-corrected chi connectivity index (χ2v) is 5.34. The maximum atomic E-state index is 12.2. The fourth-order valence-electron chi connectivity index (χ4n) is 1.96. The topological polar surface area (TPSA) is 95.1 Å². The van der Waals surface area contributed by atoms with Gasteiger partial charge in [0.15, 0.2) is 5.82 Å². The smallest absolute Gasteiger partial charge is 0.290 e. The van der Waals surface area contributed by atoms with Crippen molar-refractivity contribution in [2.45, 2.75) is 39.3 Å². The van der Waals surface area contributed by atoms with Crippen LogP contribution in [-0.2, 0) is 11.3 Å². The van der Waals surface area contributed by atoms with Crippen LogP contribution >= 0.6 is 0 Å². The number of rotatable bonds is 7. The second kappa shape index (κ2) is 7.17. The molecule has 2 aromatic rings. The van der Waals surface area contributed by atoms with E-state index in [0.29, 0.717) is 19.0 Å². The first kappa shape index (κ1) is 16.2. The molecule has 1 N–H and O–H groups in total. The summed E-state index contributed by atoms with van der Waals surface area (Å²) in [6.45, 7) is 6.98. The Morgan fingerprint density at radius 2 is 2.23 bits per heavy atom. The molecule has 0 aliphatic rings. The van der Waals surface area contributed by atoms with E-state index in [2.05, 4.69) is 20.7 Å². The van der Waals surface area contributed by atoms with Crippen molar-refractivity contribution in [3.05, 3.63) is 29.7 Å². The van der Waals surface area contributed by atoms with Crippen LogP contribution in [0, 0.1) is 0 Å².